The van der Waals surface area contributed by atoms with Gasteiger partial charge in [-0.3, -0.25) is 29.4 Å². The third-order valence-electron chi connectivity index (χ3n) is 4.35. The molecule has 1 atom stereocenters. The second kappa shape index (κ2) is 7.80. The van der Waals surface area contributed by atoms with Crippen molar-refractivity contribution in [1.29, 1.82) is 0 Å². The molecule has 1 aromatic rings. The molecule has 0 spiro atoms. The number of rotatable bonds is 7. The Morgan fingerprint density at radius 2 is 1.89 bits per heavy atom. The van der Waals surface area contributed by atoms with Crippen LogP contribution in [0.4, 0.5) is 10.1 Å². The molecule has 4 N–H and O–H groups in total. The van der Waals surface area contributed by atoms with E-state index >= 15 is 0 Å². The van der Waals surface area contributed by atoms with Gasteiger partial charge in [0.2, 0.25) is 11.8 Å². The molecule has 27 heavy (non-hydrogen) atoms. The number of hydrogen-bond acceptors (Lipinski definition) is 7. The van der Waals surface area contributed by atoms with Gasteiger partial charge >= 0.3 is 0 Å². The molecule has 0 saturated carbocycles. The van der Waals surface area contributed by atoms with Crippen LogP contribution in [0.25, 0.3) is 0 Å². The zero-order chi connectivity index (χ0) is 19.6. The smallest absolute Gasteiger partial charge is 0.262 e. The number of nitrogens with one attached hydrogen (secondary N) is 2. The molecule has 10 heteroatoms. The van der Waals surface area contributed by atoms with E-state index in [1.54, 1.807) is 0 Å². The lowest BCUT2D eigenvalue weighted by atomic mass is 10.0. The molecule has 0 bridgehead atoms. The molecule has 144 valence electrons. The van der Waals surface area contributed by atoms with E-state index in [4.69, 9.17) is 10.5 Å². The number of fused-ring (bicyclic) bond motifs is 1. The van der Waals surface area contributed by atoms with E-state index < -0.39 is 35.5 Å². The number of nitrogens with zero attached hydrogens (tertiary/aromatic N) is 1. The Labute approximate surface area is 154 Å². The standard InChI is InChI=1S/C17H19FN4O5/c18-11-7-9-10(8-12(11)20-4-6-27-5-3-19)17(26)22(16(9)25)13-1-2-14(23)21-15(13)24/h7-8,13,20H,1-6,19H2,(H,21,23,24). The largest absolute Gasteiger partial charge is 0.380 e. The maximum atomic E-state index is 14.3. The predicted octanol–water partition coefficient (Wildman–Crippen LogP) is -0.386. The van der Waals surface area contributed by atoms with Crippen molar-refractivity contribution in [3.05, 3.63) is 29.1 Å². The van der Waals surface area contributed by atoms with Crippen LogP contribution in [-0.4, -0.2) is 60.9 Å². The highest BCUT2D eigenvalue weighted by atomic mass is 19.1. The molecular formula is C17H19FN4O5. The summed E-state index contributed by atoms with van der Waals surface area (Å²) >= 11 is 0. The summed E-state index contributed by atoms with van der Waals surface area (Å²) in [6.07, 6.45) is 0.0655. The van der Waals surface area contributed by atoms with E-state index in [1.807, 2.05) is 0 Å². The van der Waals surface area contributed by atoms with Gasteiger partial charge in [0, 0.05) is 19.5 Å². The molecule has 0 aliphatic carbocycles. The van der Waals surface area contributed by atoms with Gasteiger partial charge in [-0.25, -0.2) is 4.39 Å². The van der Waals surface area contributed by atoms with E-state index in [0.29, 0.717) is 19.8 Å². The van der Waals surface area contributed by atoms with E-state index in [1.165, 1.54) is 6.07 Å². The number of benzene rings is 1. The Morgan fingerprint density at radius 1 is 1.19 bits per heavy atom. The van der Waals surface area contributed by atoms with E-state index in [2.05, 4.69) is 10.6 Å². The molecule has 4 amide bonds. The minimum atomic E-state index is -1.08. The number of carbonyl (C=O) groups is 4. The molecule has 2 aliphatic heterocycles. The lowest BCUT2D eigenvalue weighted by Gasteiger charge is -2.27. The lowest BCUT2D eigenvalue weighted by molar-refractivity contribution is -0.136. The molecule has 1 unspecified atom stereocenters. The van der Waals surface area contributed by atoms with Crippen LogP contribution >= 0.6 is 0 Å². The summed E-state index contributed by atoms with van der Waals surface area (Å²) in [5, 5.41) is 4.91. The first kappa shape index (κ1) is 18.9. The highest BCUT2D eigenvalue weighted by Gasteiger charge is 2.45. The first-order valence-corrected chi connectivity index (χ1v) is 8.51. The Morgan fingerprint density at radius 3 is 2.56 bits per heavy atom. The Balaban J connectivity index is 1.77. The molecule has 0 aromatic heterocycles. The minimum absolute atomic E-state index is 0.0106. The number of anilines is 1. The molecule has 1 fully saturated rings. The fraction of sp³-hybridized carbons (Fsp3) is 0.412. The summed E-state index contributed by atoms with van der Waals surface area (Å²) in [7, 11) is 0. The van der Waals surface area contributed by atoms with E-state index in [-0.39, 0.29) is 36.2 Å². The van der Waals surface area contributed by atoms with Gasteiger partial charge in [0.15, 0.2) is 0 Å². The number of carbonyl (C=O) groups excluding carboxylic acids is 4. The SMILES string of the molecule is NCCOCCNc1cc2c(cc1F)C(=O)N(C1CCC(=O)NC1=O)C2=O. The van der Waals surface area contributed by atoms with Crippen LogP contribution in [0.15, 0.2) is 12.1 Å². The maximum Gasteiger partial charge on any atom is 0.262 e. The number of piperidine rings is 1. The second-order valence-electron chi connectivity index (χ2n) is 6.15. The highest BCUT2D eigenvalue weighted by molar-refractivity contribution is 6.23. The van der Waals surface area contributed by atoms with Gasteiger partial charge in [-0.2, -0.15) is 0 Å². The van der Waals surface area contributed by atoms with Crippen molar-refractivity contribution in [3.63, 3.8) is 0 Å². The minimum Gasteiger partial charge on any atom is -0.380 e. The number of amides is 4. The number of imide groups is 2. The molecule has 3 rings (SSSR count). The second-order valence-corrected chi connectivity index (χ2v) is 6.15. The summed E-state index contributed by atoms with van der Waals surface area (Å²) in [6, 6.07) is 1.14. The third-order valence-corrected chi connectivity index (χ3v) is 4.35. The molecule has 2 aliphatic rings. The first-order chi connectivity index (χ1) is 12.9. The summed E-state index contributed by atoms with van der Waals surface area (Å²) in [6.45, 7) is 1.33. The fourth-order valence-corrected chi connectivity index (χ4v) is 3.07. The van der Waals surface area contributed by atoms with Gasteiger partial charge in [0.05, 0.1) is 30.0 Å². The van der Waals surface area contributed by atoms with Crippen LogP contribution in [0.1, 0.15) is 33.6 Å². The van der Waals surface area contributed by atoms with Crippen molar-refractivity contribution >= 4 is 29.3 Å². The van der Waals surface area contributed by atoms with Crippen molar-refractivity contribution < 1.29 is 28.3 Å². The summed E-state index contributed by atoms with van der Waals surface area (Å²) in [4.78, 5) is 49.3. The van der Waals surface area contributed by atoms with Gasteiger partial charge in [-0.1, -0.05) is 0 Å². The zero-order valence-electron chi connectivity index (χ0n) is 14.4. The molecule has 1 saturated heterocycles. The monoisotopic (exact) mass is 378 g/mol. The van der Waals surface area contributed by atoms with Gasteiger partial charge in [0.1, 0.15) is 11.9 Å². The van der Waals surface area contributed by atoms with Crippen molar-refractivity contribution in [2.75, 3.05) is 31.6 Å². The summed E-state index contributed by atoms with van der Waals surface area (Å²) in [5.41, 5.74) is 5.26. The van der Waals surface area contributed by atoms with E-state index in [9.17, 15) is 23.6 Å². The van der Waals surface area contributed by atoms with Crippen LogP contribution in [0, 0.1) is 5.82 Å². The normalized spacial score (nSPS) is 19.3. The summed E-state index contributed by atoms with van der Waals surface area (Å²) in [5.74, 6) is -3.30. The molecule has 9 nitrogen and oxygen atoms in total. The van der Waals surface area contributed by atoms with Crippen LogP contribution in [-0.2, 0) is 14.3 Å². The van der Waals surface area contributed by atoms with Crippen LogP contribution in [0.2, 0.25) is 0 Å². The van der Waals surface area contributed by atoms with E-state index in [0.717, 1.165) is 11.0 Å². The Hall–Kier alpha value is -2.85. The molecule has 1 aromatic carbocycles. The van der Waals surface area contributed by atoms with Gasteiger partial charge in [-0.05, 0) is 18.6 Å². The molecular weight excluding hydrogens is 359 g/mol. The van der Waals surface area contributed by atoms with Crippen LogP contribution < -0.4 is 16.4 Å². The van der Waals surface area contributed by atoms with Crippen LogP contribution in [0.3, 0.4) is 0 Å². The molecule has 2 heterocycles. The predicted molar refractivity (Wildman–Crippen MR) is 91.4 cm³/mol. The average Bonchev–Trinajstić information content (AvgIpc) is 2.86. The van der Waals surface area contributed by atoms with Crippen molar-refractivity contribution in [2.24, 2.45) is 5.73 Å². The lowest BCUT2D eigenvalue weighted by Crippen LogP contribution is -2.54. The quantitative estimate of drug-likeness (QED) is 0.435. The summed E-state index contributed by atoms with van der Waals surface area (Å²) < 4.78 is 19.5. The van der Waals surface area contributed by atoms with Gasteiger partial charge in [0.25, 0.3) is 11.8 Å². The number of halogens is 1. The Kier molecular flexibility index (Phi) is 5.47. The number of hydrogen-bond donors (Lipinski definition) is 3. The highest BCUT2D eigenvalue weighted by Crippen LogP contribution is 2.31. The van der Waals surface area contributed by atoms with Gasteiger partial charge in [-0.15, -0.1) is 0 Å². The first-order valence-electron chi connectivity index (χ1n) is 8.51. The Bertz CT molecular complexity index is 813. The fourth-order valence-electron chi connectivity index (χ4n) is 3.07. The maximum absolute atomic E-state index is 14.3. The third kappa shape index (κ3) is 3.67. The topological polar surface area (TPSA) is 131 Å². The zero-order valence-corrected chi connectivity index (χ0v) is 14.4. The average molecular weight is 378 g/mol. The molecule has 0 radical (unpaired) electrons. The van der Waals surface area contributed by atoms with Gasteiger partial charge < -0.3 is 15.8 Å². The number of ether oxygens (including phenoxy) is 1. The van der Waals surface area contributed by atoms with Crippen molar-refractivity contribution in [1.82, 2.24) is 10.2 Å². The van der Waals surface area contributed by atoms with Crippen LogP contribution in [0.5, 0.6) is 0 Å². The van der Waals surface area contributed by atoms with Crippen molar-refractivity contribution in [2.45, 2.75) is 18.9 Å². The van der Waals surface area contributed by atoms with Crippen molar-refractivity contribution in [3.8, 4) is 0 Å². The number of nitrogens with two attached hydrogens (primary N) is 1.